The minimum atomic E-state index is -1.41. The zero-order valence-corrected chi connectivity index (χ0v) is 20.9. The lowest BCUT2D eigenvalue weighted by molar-refractivity contribution is -0.155. The second-order valence-corrected chi connectivity index (χ2v) is 10.1. The van der Waals surface area contributed by atoms with E-state index in [0.717, 1.165) is 11.3 Å². The van der Waals surface area contributed by atoms with Gasteiger partial charge in [-0.3, -0.25) is 14.4 Å². The van der Waals surface area contributed by atoms with Crippen molar-refractivity contribution in [2.75, 3.05) is 25.1 Å². The molecule has 188 valence electrons. The lowest BCUT2D eigenvalue weighted by Crippen LogP contribution is -2.73. The Labute approximate surface area is 219 Å². The maximum absolute atomic E-state index is 12.9. The number of carboxylic acid groups (broad SMARTS) is 1. The van der Waals surface area contributed by atoms with Gasteiger partial charge in [0.05, 0.1) is 23.3 Å². The summed E-state index contributed by atoms with van der Waals surface area (Å²) >= 11 is 2.34. The summed E-state index contributed by atoms with van der Waals surface area (Å²) in [6, 6.07) is 7.60. The van der Waals surface area contributed by atoms with Gasteiger partial charge < -0.3 is 25.9 Å². The van der Waals surface area contributed by atoms with Crippen LogP contribution >= 0.6 is 23.1 Å². The van der Waals surface area contributed by atoms with Gasteiger partial charge in [0.15, 0.2) is 10.8 Å². The summed E-state index contributed by atoms with van der Waals surface area (Å²) in [5, 5.41) is 36.1. The van der Waals surface area contributed by atoms with Gasteiger partial charge in [-0.25, -0.2) is 4.98 Å². The number of rotatable bonds is 7. The van der Waals surface area contributed by atoms with Crippen LogP contribution in [0.3, 0.4) is 0 Å². The Bertz CT molecular complexity index is 1420. The van der Waals surface area contributed by atoms with E-state index >= 15 is 0 Å². The van der Waals surface area contributed by atoms with Crippen molar-refractivity contribution < 1.29 is 24.3 Å². The topological polar surface area (TPSA) is 195 Å². The molecule has 4 N–H and O–H groups in total. The zero-order valence-electron chi connectivity index (χ0n) is 19.2. The molecule has 2 aliphatic heterocycles. The Morgan fingerprint density at radius 2 is 2.19 bits per heavy atom. The molecule has 1 aromatic heterocycles. The van der Waals surface area contributed by atoms with Crippen LogP contribution in [0, 0.1) is 28.1 Å². The number of hydrogen-bond acceptors (Lipinski definition) is 11. The van der Waals surface area contributed by atoms with Gasteiger partial charge in [0.25, 0.3) is 5.91 Å². The number of β-lactam (4-membered cyclic amide) rings is 1. The van der Waals surface area contributed by atoms with Crippen molar-refractivity contribution >= 4 is 57.8 Å². The number of nitrogens with two attached hydrogens (primary N) is 1. The molecule has 0 saturated carbocycles. The average molecular weight is 538 g/mol. The van der Waals surface area contributed by atoms with E-state index in [4.69, 9.17) is 15.8 Å². The van der Waals surface area contributed by atoms with Crippen LogP contribution in [0.5, 0.6) is 0 Å². The van der Waals surface area contributed by atoms with E-state index in [-0.39, 0.29) is 34.4 Å². The normalized spacial score (nSPS) is 22.9. The number of oxime groups is 1. The van der Waals surface area contributed by atoms with Crippen LogP contribution in [0.25, 0.3) is 6.08 Å². The van der Waals surface area contributed by atoms with E-state index in [1.165, 1.54) is 53.4 Å². The summed E-state index contributed by atoms with van der Waals surface area (Å²) in [5.41, 5.74) is 5.30. The number of nitriles is 2. The average Bonchev–Trinajstić information content (AvgIpc) is 3.34. The molecule has 2 aliphatic rings. The molecule has 4 rings (SSSR count). The number of carbonyl (C=O) groups excluding carboxylic acids is 2. The van der Waals surface area contributed by atoms with E-state index in [9.17, 15) is 24.8 Å². The molecule has 2 saturated heterocycles. The maximum Gasteiger partial charge on any atom is 0.316 e. The third kappa shape index (κ3) is 4.84. The number of benzene rings is 1. The van der Waals surface area contributed by atoms with Gasteiger partial charge in [-0.05, 0) is 17.7 Å². The number of aliphatic carboxylic acids is 1. The smallest absolute Gasteiger partial charge is 0.316 e. The number of anilines is 1. The lowest BCUT2D eigenvalue weighted by atomic mass is 9.86. The first kappa shape index (κ1) is 25.7. The number of amides is 2. The summed E-state index contributed by atoms with van der Waals surface area (Å²) in [6.45, 7) is -0.110. The molecule has 37 heavy (non-hydrogen) atoms. The fraction of sp³-hybridized carbons (Fsp3) is 0.261. The fourth-order valence-electron chi connectivity index (χ4n) is 3.92. The van der Waals surface area contributed by atoms with E-state index in [1.807, 2.05) is 12.1 Å². The summed E-state index contributed by atoms with van der Waals surface area (Å²) in [6.07, 6.45) is 2.99. The van der Waals surface area contributed by atoms with Gasteiger partial charge in [0.1, 0.15) is 29.6 Å². The van der Waals surface area contributed by atoms with Crippen LogP contribution in [0.2, 0.25) is 0 Å². The number of nitrogens with zero attached hydrogens (tertiary/aromatic N) is 5. The van der Waals surface area contributed by atoms with Crippen LogP contribution < -0.4 is 11.1 Å². The number of carbonyl (C=O) groups is 3. The molecule has 2 fully saturated rings. The minimum absolute atomic E-state index is 0.110. The molecule has 1 aromatic carbocycles. The predicted molar refractivity (Wildman–Crippen MR) is 135 cm³/mol. The van der Waals surface area contributed by atoms with Gasteiger partial charge in [-0.1, -0.05) is 23.4 Å². The third-order valence-electron chi connectivity index (χ3n) is 5.87. The van der Waals surface area contributed by atoms with Crippen molar-refractivity contribution in [2.45, 2.75) is 11.4 Å². The quantitative estimate of drug-likeness (QED) is 0.260. The second kappa shape index (κ2) is 10.3. The molecule has 0 spiro atoms. The number of carboxylic acids is 1. The molecule has 3 atom stereocenters. The molecule has 12 nitrogen and oxygen atoms in total. The number of nitrogens with one attached hydrogen (secondary N) is 1. The second-order valence-electron chi connectivity index (χ2n) is 8.13. The molecule has 0 radical (unpaired) electrons. The van der Waals surface area contributed by atoms with Gasteiger partial charge in [0.2, 0.25) is 5.91 Å². The van der Waals surface area contributed by atoms with Gasteiger partial charge in [-0.15, -0.1) is 23.1 Å². The Morgan fingerprint density at radius 3 is 2.81 bits per heavy atom. The molecule has 0 aliphatic carbocycles. The Morgan fingerprint density at radius 1 is 1.41 bits per heavy atom. The fourth-order valence-corrected chi connectivity index (χ4v) is 5.98. The first-order valence-corrected chi connectivity index (χ1v) is 12.6. The number of fused-ring (bicyclic) bond motifs is 1. The van der Waals surface area contributed by atoms with Crippen molar-refractivity contribution in [3.8, 4) is 12.1 Å². The molecule has 2 aromatic rings. The largest absolute Gasteiger partial charge is 0.481 e. The van der Waals surface area contributed by atoms with Crippen molar-refractivity contribution in [3.63, 3.8) is 0 Å². The summed E-state index contributed by atoms with van der Waals surface area (Å²) in [7, 11) is 1.27. The molecular formula is C23H19N7O5S2. The van der Waals surface area contributed by atoms with Crippen LogP contribution in [0.1, 0.15) is 22.4 Å². The lowest BCUT2D eigenvalue weighted by Gasteiger charge is -2.53. The van der Waals surface area contributed by atoms with Gasteiger partial charge in [-0.2, -0.15) is 10.5 Å². The van der Waals surface area contributed by atoms with Gasteiger partial charge in [0, 0.05) is 17.7 Å². The molecule has 3 heterocycles. The number of thiazole rings is 1. The Kier molecular flexibility index (Phi) is 7.15. The standard InChI is InChI=1S/C23H19N7O5S2/c1-35-29-16(15-9-36-22(26)27-15)18(31)28-17-19(32)30-10-23(21(33)34,11-37-20(17)30)5-4-13-3-2-12(7-24)6-14(13)8-25/h2-6,9,17,20H,10-11H2,1H3,(H2,26,27)(H,28,31)(H,33,34)/t17?,20-,23?/m1/s1. The first-order chi connectivity index (χ1) is 17.7. The van der Waals surface area contributed by atoms with Gasteiger partial charge >= 0.3 is 5.97 Å². The Balaban J connectivity index is 1.50. The van der Waals surface area contributed by atoms with Crippen LogP contribution in [0.15, 0.2) is 34.8 Å². The molecule has 2 amide bonds. The minimum Gasteiger partial charge on any atom is -0.481 e. The number of thioether (sulfide) groups is 1. The van der Waals surface area contributed by atoms with E-state index in [0.29, 0.717) is 11.1 Å². The molecular weight excluding hydrogens is 518 g/mol. The van der Waals surface area contributed by atoms with E-state index in [2.05, 4.69) is 15.5 Å². The number of nitrogen functional groups attached to an aromatic ring is 1. The highest BCUT2D eigenvalue weighted by atomic mass is 32.2. The van der Waals surface area contributed by atoms with Crippen molar-refractivity contribution in [3.05, 3.63) is 52.0 Å². The zero-order chi connectivity index (χ0) is 26.7. The van der Waals surface area contributed by atoms with Crippen molar-refractivity contribution in [2.24, 2.45) is 10.6 Å². The highest BCUT2D eigenvalue weighted by Gasteiger charge is 2.57. The molecule has 14 heteroatoms. The monoisotopic (exact) mass is 537 g/mol. The molecule has 2 unspecified atom stereocenters. The van der Waals surface area contributed by atoms with Crippen molar-refractivity contribution in [1.29, 1.82) is 10.5 Å². The number of aromatic nitrogens is 1. The van der Waals surface area contributed by atoms with Crippen LogP contribution in [-0.4, -0.2) is 69.3 Å². The van der Waals surface area contributed by atoms with E-state index in [1.54, 1.807) is 6.07 Å². The Hall–Kier alpha value is -4.40. The highest BCUT2D eigenvalue weighted by molar-refractivity contribution is 8.00. The maximum atomic E-state index is 12.9. The van der Waals surface area contributed by atoms with Crippen LogP contribution in [0.4, 0.5) is 5.13 Å². The van der Waals surface area contributed by atoms with E-state index < -0.39 is 34.6 Å². The molecule has 0 bridgehead atoms. The summed E-state index contributed by atoms with van der Waals surface area (Å²) in [4.78, 5) is 48.2. The van der Waals surface area contributed by atoms with Crippen LogP contribution in [-0.2, 0) is 19.2 Å². The summed E-state index contributed by atoms with van der Waals surface area (Å²) in [5.74, 6) is -2.11. The predicted octanol–water partition coefficient (Wildman–Crippen LogP) is 1.00. The summed E-state index contributed by atoms with van der Waals surface area (Å²) < 4.78 is 0. The van der Waals surface area contributed by atoms with Crippen molar-refractivity contribution in [1.82, 2.24) is 15.2 Å². The number of hydrogen-bond donors (Lipinski definition) is 3. The third-order valence-corrected chi connectivity index (χ3v) is 8.09. The highest BCUT2D eigenvalue weighted by Crippen LogP contribution is 2.43. The SMILES string of the molecule is CON=C(C(=O)NC1C(=O)N2CC(C=Cc3ccc(C#N)cc3C#N)(C(=O)O)CS[C@H]12)c1csc(N)n1. The first-order valence-electron chi connectivity index (χ1n) is 10.7.